The van der Waals surface area contributed by atoms with E-state index < -0.39 is 11.5 Å². The summed E-state index contributed by atoms with van der Waals surface area (Å²) in [4.78, 5) is 16.9. The van der Waals surface area contributed by atoms with Gasteiger partial charge in [-0.25, -0.2) is 0 Å². The fourth-order valence-corrected chi connectivity index (χ4v) is 1.82. The van der Waals surface area contributed by atoms with Gasteiger partial charge in [0.05, 0.1) is 6.54 Å². The molecule has 0 amide bonds. The number of hydrogen-bond acceptors (Lipinski definition) is 6. The Morgan fingerprint density at radius 3 is 3.00 bits per heavy atom. The van der Waals surface area contributed by atoms with Crippen LogP contribution in [0.25, 0.3) is 0 Å². The molecule has 1 saturated heterocycles. The third-order valence-electron chi connectivity index (χ3n) is 2.73. The first kappa shape index (κ1) is 11.0. The summed E-state index contributed by atoms with van der Waals surface area (Å²) < 4.78 is 4.96. The van der Waals surface area contributed by atoms with Crippen LogP contribution in [0.1, 0.15) is 18.1 Å². The number of nitrogens with two attached hydrogens (primary N) is 1. The van der Waals surface area contributed by atoms with Crippen LogP contribution in [-0.2, 0) is 11.3 Å². The van der Waals surface area contributed by atoms with E-state index in [1.165, 1.54) is 0 Å². The molecule has 0 spiro atoms. The van der Waals surface area contributed by atoms with Crippen molar-refractivity contribution >= 4 is 5.97 Å². The largest absolute Gasteiger partial charge is 0.480 e. The highest BCUT2D eigenvalue weighted by atomic mass is 16.5. The van der Waals surface area contributed by atoms with Gasteiger partial charge in [0, 0.05) is 13.1 Å². The summed E-state index contributed by atoms with van der Waals surface area (Å²) >= 11 is 0. The van der Waals surface area contributed by atoms with Crippen LogP contribution in [0.15, 0.2) is 4.52 Å². The molecule has 0 aliphatic carbocycles. The van der Waals surface area contributed by atoms with E-state index in [1.54, 1.807) is 6.92 Å². The van der Waals surface area contributed by atoms with Gasteiger partial charge in [0.1, 0.15) is 5.54 Å². The first-order valence-corrected chi connectivity index (χ1v) is 5.03. The zero-order valence-electron chi connectivity index (χ0n) is 9.01. The Bertz CT molecular complexity index is 405. The van der Waals surface area contributed by atoms with Crippen molar-refractivity contribution in [1.82, 2.24) is 15.0 Å². The van der Waals surface area contributed by atoms with E-state index in [0.717, 1.165) is 0 Å². The van der Waals surface area contributed by atoms with Crippen molar-refractivity contribution in [3.63, 3.8) is 0 Å². The second-order valence-electron chi connectivity index (χ2n) is 4.16. The van der Waals surface area contributed by atoms with Gasteiger partial charge in [-0.1, -0.05) is 5.16 Å². The third kappa shape index (κ3) is 2.05. The van der Waals surface area contributed by atoms with Crippen molar-refractivity contribution in [2.45, 2.75) is 25.4 Å². The molecular weight excluding hydrogens is 212 g/mol. The molecule has 1 aromatic rings. The number of rotatable bonds is 3. The molecule has 2 heterocycles. The van der Waals surface area contributed by atoms with E-state index in [9.17, 15) is 4.79 Å². The Balaban J connectivity index is 1.97. The predicted molar refractivity (Wildman–Crippen MR) is 53.5 cm³/mol. The predicted octanol–water partition coefficient (Wildman–Crippen LogP) is -0.634. The number of hydrogen-bond donors (Lipinski definition) is 2. The van der Waals surface area contributed by atoms with Crippen LogP contribution in [-0.4, -0.2) is 44.7 Å². The lowest BCUT2D eigenvalue weighted by Gasteiger charge is -2.18. The van der Waals surface area contributed by atoms with Crippen LogP contribution in [0, 0.1) is 6.92 Å². The summed E-state index contributed by atoms with van der Waals surface area (Å²) in [7, 11) is 0. The number of carboxylic acid groups (broad SMARTS) is 1. The summed E-state index contributed by atoms with van der Waals surface area (Å²) in [6.45, 7) is 3.13. The lowest BCUT2D eigenvalue weighted by atomic mass is 10.0. The second-order valence-corrected chi connectivity index (χ2v) is 4.16. The van der Waals surface area contributed by atoms with E-state index in [0.29, 0.717) is 37.8 Å². The SMILES string of the molecule is Cc1noc(CN2CCC(N)(C(=O)O)C2)n1. The van der Waals surface area contributed by atoms with E-state index >= 15 is 0 Å². The summed E-state index contributed by atoms with van der Waals surface area (Å²) in [5.41, 5.74) is 4.60. The Labute approximate surface area is 92.2 Å². The molecule has 2 rings (SSSR count). The lowest BCUT2D eigenvalue weighted by molar-refractivity contribution is -0.142. The number of likely N-dealkylation sites (tertiary alicyclic amines) is 1. The number of carbonyl (C=O) groups is 1. The lowest BCUT2D eigenvalue weighted by Crippen LogP contribution is -2.50. The van der Waals surface area contributed by atoms with Gasteiger partial charge in [-0.2, -0.15) is 4.98 Å². The van der Waals surface area contributed by atoms with E-state index in [-0.39, 0.29) is 0 Å². The zero-order chi connectivity index (χ0) is 11.8. The third-order valence-corrected chi connectivity index (χ3v) is 2.73. The first-order valence-electron chi connectivity index (χ1n) is 5.03. The molecule has 7 heteroatoms. The first-order chi connectivity index (χ1) is 7.49. The molecule has 1 atom stereocenters. The van der Waals surface area contributed by atoms with Crippen molar-refractivity contribution in [3.05, 3.63) is 11.7 Å². The molecule has 7 nitrogen and oxygen atoms in total. The minimum atomic E-state index is -1.14. The summed E-state index contributed by atoms with van der Waals surface area (Å²) in [6.07, 6.45) is 0.440. The van der Waals surface area contributed by atoms with Crippen molar-refractivity contribution in [1.29, 1.82) is 0 Å². The molecule has 16 heavy (non-hydrogen) atoms. The van der Waals surface area contributed by atoms with Gasteiger partial charge in [-0.05, 0) is 13.3 Å². The Morgan fingerprint density at radius 1 is 1.75 bits per heavy atom. The van der Waals surface area contributed by atoms with Gasteiger partial charge in [0.2, 0.25) is 5.89 Å². The van der Waals surface area contributed by atoms with Crippen molar-refractivity contribution in [2.24, 2.45) is 5.73 Å². The van der Waals surface area contributed by atoms with Gasteiger partial charge in [0.15, 0.2) is 5.82 Å². The van der Waals surface area contributed by atoms with Gasteiger partial charge in [-0.15, -0.1) is 0 Å². The van der Waals surface area contributed by atoms with E-state index in [4.69, 9.17) is 15.4 Å². The average Bonchev–Trinajstić information content (AvgIpc) is 2.75. The van der Waals surface area contributed by atoms with E-state index in [1.807, 2.05) is 4.90 Å². The van der Waals surface area contributed by atoms with Crippen molar-refractivity contribution < 1.29 is 14.4 Å². The van der Waals surface area contributed by atoms with Gasteiger partial charge in [-0.3, -0.25) is 9.69 Å². The van der Waals surface area contributed by atoms with Gasteiger partial charge in [0.25, 0.3) is 0 Å². The molecule has 1 aromatic heterocycles. The smallest absolute Gasteiger partial charge is 0.325 e. The van der Waals surface area contributed by atoms with Gasteiger partial charge >= 0.3 is 5.97 Å². The van der Waals surface area contributed by atoms with Crippen molar-refractivity contribution in [3.8, 4) is 0 Å². The topological polar surface area (TPSA) is 105 Å². The molecule has 0 radical (unpaired) electrons. The Kier molecular flexibility index (Phi) is 2.64. The molecule has 1 unspecified atom stereocenters. The average molecular weight is 226 g/mol. The molecule has 1 aliphatic heterocycles. The van der Waals surface area contributed by atoms with Crippen LogP contribution in [0.4, 0.5) is 0 Å². The Hall–Kier alpha value is -1.47. The summed E-state index contributed by atoms with van der Waals surface area (Å²) in [5, 5.41) is 12.6. The molecule has 1 fully saturated rings. The quantitative estimate of drug-likeness (QED) is 0.706. The van der Waals surface area contributed by atoms with Crippen LogP contribution < -0.4 is 5.73 Å². The van der Waals surface area contributed by atoms with E-state index in [2.05, 4.69) is 10.1 Å². The highest BCUT2D eigenvalue weighted by Crippen LogP contribution is 2.20. The maximum atomic E-state index is 10.9. The fourth-order valence-electron chi connectivity index (χ4n) is 1.82. The van der Waals surface area contributed by atoms with Gasteiger partial charge < -0.3 is 15.4 Å². The summed E-state index contributed by atoms with van der Waals surface area (Å²) in [6, 6.07) is 0. The zero-order valence-corrected chi connectivity index (χ0v) is 9.01. The molecule has 1 aliphatic rings. The van der Waals surface area contributed by atoms with Crippen LogP contribution in [0.2, 0.25) is 0 Å². The molecular formula is C9H14N4O3. The second kappa shape index (κ2) is 3.84. The number of aromatic nitrogens is 2. The molecule has 3 N–H and O–H groups in total. The minimum Gasteiger partial charge on any atom is -0.480 e. The monoisotopic (exact) mass is 226 g/mol. The summed E-state index contributed by atoms with van der Waals surface area (Å²) in [5.74, 6) is 0.107. The normalized spacial score (nSPS) is 26.1. The highest BCUT2D eigenvalue weighted by Gasteiger charge is 2.41. The van der Waals surface area contributed by atoms with Crippen LogP contribution in [0.3, 0.4) is 0 Å². The van der Waals surface area contributed by atoms with Crippen LogP contribution >= 0.6 is 0 Å². The number of aryl methyl sites for hydroxylation is 1. The maximum absolute atomic E-state index is 10.9. The van der Waals surface area contributed by atoms with Crippen LogP contribution in [0.5, 0.6) is 0 Å². The molecule has 0 aromatic carbocycles. The highest BCUT2D eigenvalue weighted by molar-refractivity contribution is 5.79. The number of aliphatic carboxylic acids is 1. The molecule has 0 bridgehead atoms. The number of nitrogens with zero attached hydrogens (tertiary/aromatic N) is 3. The standard InChI is InChI=1S/C9H14N4O3/c1-6-11-7(16-12-6)4-13-3-2-9(10,5-13)8(14)15/h2-5,10H2,1H3,(H,14,15). The van der Waals surface area contributed by atoms with Crippen molar-refractivity contribution in [2.75, 3.05) is 13.1 Å². The minimum absolute atomic E-state index is 0.309. The molecule has 0 saturated carbocycles. The maximum Gasteiger partial charge on any atom is 0.325 e. The number of carboxylic acids is 1. The fraction of sp³-hybridized carbons (Fsp3) is 0.667. The molecule has 88 valence electrons. The Morgan fingerprint density at radius 2 is 2.50 bits per heavy atom.